The number of ether oxygens (including phenoxy) is 1. The number of aromatic nitrogens is 4. The van der Waals surface area contributed by atoms with Crippen LogP contribution in [0, 0.1) is 0 Å². The molecule has 0 radical (unpaired) electrons. The molecule has 9 heteroatoms. The largest absolute Gasteiger partial charge is 0.383 e. The van der Waals surface area contributed by atoms with Gasteiger partial charge < -0.3 is 10.5 Å². The molecule has 2 aromatic rings. The number of rotatable bonds is 2. The second-order valence-corrected chi connectivity index (χ2v) is 4.40. The van der Waals surface area contributed by atoms with E-state index in [4.69, 9.17) is 10.5 Å². The van der Waals surface area contributed by atoms with Crippen molar-refractivity contribution in [1.82, 2.24) is 24.6 Å². The second-order valence-electron chi connectivity index (χ2n) is 4.40. The third-order valence-corrected chi connectivity index (χ3v) is 3.02. The number of amides is 2. The van der Waals surface area contributed by atoms with Crippen LogP contribution in [0.3, 0.4) is 0 Å². The number of carbonyl (C=O) groups is 2. The standard InChI is InChI=1S/C11H12N6O3/c1-16-11-6(2-13-16)10(12)14-7(15-11)3-17-8(18)4-20-5-9(17)19/h2H,3-5H2,1H3,(H2,12,14,15). The van der Waals surface area contributed by atoms with E-state index in [0.29, 0.717) is 16.9 Å². The Morgan fingerprint density at radius 3 is 2.70 bits per heavy atom. The zero-order chi connectivity index (χ0) is 14.3. The molecule has 20 heavy (non-hydrogen) atoms. The number of nitrogens with two attached hydrogens (primary N) is 1. The summed E-state index contributed by atoms with van der Waals surface area (Å²) in [7, 11) is 1.73. The van der Waals surface area contributed by atoms with Gasteiger partial charge in [0.1, 0.15) is 19.0 Å². The molecule has 1 saturated heterocycles. The molecule has 2 amide bonds. The quantitative estimate of drug-likeness (QED) is 0.687. The van der Waals surface area contributed by atoms with Gasteiger partial charge in [-0.05, 0) is 0 Å². The first kappa shape index (κ1) is 12.5. The Kier molecular flexibility index (Phi) is 2.83. The Balaban J connectivity index is 1.96. The van der Waals surface area contributed by atoms with Crippen molar-refractivity contribution in [3.63, 3.8) is 0 Å². The van der Waals surface area contributed by atoms with Gasteiger partial charge in [-0.15, -0.1) is 0 Å². The number of anilines is 1. The molecule has 0 saturated carbocycles. The average Bonchev–Trinajstić information content (AvgIpc) is 2.77. The van der Waals surface area contributed by atoms with Crippen molar-refractivity contribution in [3.05, 3.63) is 12.0 Å². The molecule has 0 spiro atoms. The molecule has 0 aliphatic carbocycles. The maximum atomic E-state index is 11.7. The highest BCUT2D eigenvalue weighted by Gasteiger charge is 2.27. The lowest BCUT2D eigenvalue weighted by Crippen LogP contribution is -2.45. The Hall–Kier alpha value is -2.55. The first-order valence-electron chi connectivity index (χ1n) is 5.91. The molecule has 2 aromatic heterocycles. The maximum absolute atomic E-state index is 11.7. The molecule has 0 bridgehead atoms. The van der Waals surface area contributed by atoms with Gasteiger partial charge >= 0.3 is 0 Å². The van der Waals surface area contributed by atoms with Crippen molar-refractivity contribution in [3.8, 4) is 0 Å². The number of hydrogen-bond donors (Lipinski definition) is 1. The normalized spacial score (nSPS) is 16.1. The molecule has 0 unspecified atom stereocenters. The van der Waals surface area contributed by atoms with Crippen LogP contribution in [0.5, 0.6) is 0 Å². The van der Waals surface area contributed by atoms with E-state index in [1.807, 2.05) is 0 Å². The summed E-state index contributed by atoms with van der Waals surface area (Å²) in [6.07, 6.45) is 1.57. The summed E-state index contributed by atoms with van der Waals surface area (Å²) < 4.78 is 6.40. The Morgan fingerprint density at radius 2 is 2.00 bits per heavy atom. The lowest BCUT2D eigenvalue weighted by molar-refractivity contribution is -0.159. The highest BCUT2D eigenvalue weighted by atomic mass is 16.5. The van der Waals surface area contributed by atoms with Gasteiger partial charge in [0, 0.05) is 7.05 Å². The Bertz CT molecular complexity index is 693. The van der Waals surface area contributed by atoms with Gasteiger partial charge in [-0.3, -0.25) is 19.2 Å². The van der Waals surface area contributed by atoms with Gasteiger partial charge in [-0.1, -0.05) is 0 Å². The third kappa shape index (κ3) is 1.97. The van der Waals surface area contributed by atoms with E-state index < -0.39 is 11.8 Å². The van der Waals surface area contributed by atoms with E-state index in [1.54, 1.807) is 17.9 Å². The summed E-state index contributed by atoms with van der Waals surface area (Å²) in [6.45, 7) is -0.253. The Labute approximate surface area is 113 Å². The zero-order valence-corrected chi connectivity index (χ0v) is 10.7. The van der Waals surface area contributed by atoms with Gasteiger partial charge in [0.05, 0.1) is 18.1 Å². The Morgan fingerprint density at radius 1 is 1.30 bits per heavy atom. The van der Waals surface area contributed by atoms with Crippen molar-refractivity contribution in [2.24, 2.45) is 7.05 Å². The predicted octanol–water partition coefficient (Wildman–Crippen LogP) is -1.17. The van der Waals surface area contributed by atoms with Crippen LogP contribution in [0.15, 0.2) is 6.20 Å². The molecular formula is C11H12N6O3. The maximum Gasteiger partial charge on any atom is 0.255 e. The summed E-state index contributed by atoms with van der Waals surface area (Å²) in [4.78, 5) is 32.8. The number of aryl methyl sites for hydroxylation is 1. The molecular weight excluding hydrogens is 264 g/mol. The van der Waals surface area contributed by atoms with E-state index >= 15 is 0 Å². The summed E-state index contributed by atoms with van der Waals surface area (Å²) >= 11 is 0. The van der Waals surface area contributed by atoms with E-state index in [9.17, 15) is 9.59 Å². The second kappa shape index (κ2) is 4.53. The van der Waals surface area contributed by atoms with Crippen LogP contribution in [0.4, 0.5) is 5.82 Å². The lowest BCUT2D eigenvalue weighted by atomic mass is 10.3. The van der Waals surface area contributed by atoms with E-state index in [-0.39, 0.29) is 25.6 Å². The fourth-order valence-corrected chi connectivity index (χ4v) is 2.00. The summed E-state index contributed by atoms with van der Waals surface area (Å²) in [5, 5.41) is 4.68. The highest BCUT2D eigenvalue weighted by molar-refractivity contribution is 5.98. The first-order chi connectivity index (χ1) is 9.56. The van der Waals surface area contributed by atoms with Gasteiger partial charge in [0.25, 0.3) is 11.8 Å². The van der Waals surface area contributed by atoms with Crippen molar-refractivity contribution in [2.45, 2.75) is 6.54 Å². The van der Waals surface area contributed by atoms with Crippen molar-refractivity contribution in [2.75, 3.05) is 18.9 Å². The number of nitrogens with zero attached hydrogens (tertiary/aromatic N) is 5. The van der Waals surface area contributed by atoms with E-state index in [2.05, 4.69) is 15.1 Å². The minimum atomic E-state index is -0.409. The predicted molar refractivity (Wildman–Crippen MR) is 67.1 cm³/mol. The monoisotopic (exact) mass is 276 g/mol. The number of morpholine rings is 1. The van der Waals surface area contributed by atoms with Crippen LogP contribution in [-0.4, -0.2) is 49.7 Å². The highest BCUT2D eigenvalue weighted by Crippen LogP contribution is 2.17. The van der Waals surface area contributed by atoms with Gasteiger partial charge in [-0.25, -0.2) is 9.97 Å². The molecule has 0 atom stereocenters. The van der Waals surface area contributed by atoms with Crippen molar-refractivity contribution >= 4 is 28.7 Å². The van der Waals surface area contributed by atoms with Crippen molar-refractivity contribution in [1.29, 1.82) is 0 Å². The average molecular weight is 276 g/mol. The van der Waals surface area contributed by atoms with Crippen LogP contribution >= 0.6 is 0 Å². The van der Waals surface area contributed by atoms with Crippen LogP contribution in [0.25, 0.3) is 11.0 Å². The van der Waals surface area contributed by atoms with E-state index in [1.165, 1.54) is 0 Å². The smallest absolute Gasteiger partial charge is 0.255 e. The number of fused-ring (bicyclic) bond motifs is 1. The molecule has 3 rings (SSSR count). The van der Waals surface area contributed by atoms with Gasteiger partial charge in [0.15, 0.2) is 11.5 Å². The SMILES string of the molecule is Cn1ncc2c(N)nc(CN3C(=O)COCC3=O)nc21. The molecule has 104 valence electrons. The van der Waals surface area contributed by atoms with E-state index in [0.717, 1.165) is 4.90 Å². The van der Waals surface area contributed by atoms with Crippen LogP contribution in [-0.2, 0) is 27.9 Å². The summed E-state index contributed by atoms with van der Waals surface area (Å²) in [6, 6.07) is 0. The van der Waals surface area contributed by atoms with Crippen LogP contribution in [0.1, 0.15) is 5.82 Å². The third-order valence-electron chi connectivity index (χ3n) is 3.02. The number of imide groups is 1. The number of carbonyl (C=O) groups excluding carboxylic acids is 2. The molecule has 1 fully saturated rings. The fourth-order valence-electron chi connectivity index (χ4n) is 2.00. The molecule has 3 heterocycles. The van der Waals surface area contributed by atoms with Gasteiger partial charge in [0.2, 0.25) is 0 Å². The molecule has 9 nitrogen and oxygen atoms in total. The van der Waals surface area contributed by atoms with Gasteiger partial charge in [-0.2, -0.15) is 5.10 Å². The topological polar surface area (TPSA) is 116 Å². The number of nitrogen functional groups attached to an aromatic ring is 1. The molecule has 1 aliphatic heterocycles. The van der Waals surface area contributed by atoms with Crippen LogP contribution < -0.4 is 5.73 Å². The summed E-state index contributed by atoms with van der Waals surface area (Å²) in [5.41, 5.74) is 6.38. The number of hydrogen-bond acceptors (Lipinski definition) is 7. The molecule has 2 N–H and O–H groups in total. The minimum Gasteiger partial charge on any atom is -0.383 e. The molecule has 1 aliphatic rings. The van der Waals surface area contributed by atoms with Crippen molar-refractivity contribution < 1.29 is 14.3 Å². The lowest BCUT2D eigenvalue weighted by Gasteiger charge is -2.24. The minimum absolute atomic E-state index is 0.0215. The zero-order valence-electron chi connectivity index (χ0n) is 10.7. The van der Waals surface area contributed by atoms with Crippen LogP contribution in [0.2, 0.25) is 0 Å². The summed E-state index contributed by atoms with van der Waals surface area (Å²) in [5.74, 6) is -0.254. The fraction of sp³-hybridized carbons (Fsp3) is 0.364. The first-order valence-corrected chi connectivity index (χ1v) is 5.91. The molecule has 0 aromatic carbocycles.